The van der Waals surface area contributed by atoms with Gasteiger partial charge in [0.2, 0.25) is 0 Å². The fourth-order valence-electron chi connectivity index (χ4n) is 3.35. The number of hydrogen-bond acceptors (Lipinski definition) is 5. The number of nitrogens with one attached hydrogen (secondary N) is 1. The Kier molecular flexibility index (Phi) is 5.81. The predicted octanol–water partition coefficient (Wildman–Crippen LogP) is 3.66. The molecule has 2 aromatic carbocycles. The minimum absolute atomic E-state index is 0.299. The van der Waals surface area contributed by atoms with Gasteiger partial charge in [0.15, 0.2) is 6.61 Å². The molecular weight excluding hydrogens is 406 g/mol. The number of imide groups is 1. The van der Waals surface area contributed by atoms with E-state index in [2.05, 4.69) is 10.3 Å². The van der Waals surface area contributed by atoms with Crippen LogP contribution in [0.25, 0.3) is 22.2 Å². The summed E-state index contributed by atoms with van der Waals surface area (Å²) in [6, 6.07) is 20.0. The Morgan fingerprint density at radius 3 is 2.47 bits per heavy atom. The maximum Gasteiger partial charge on any atom is 0.339 e. The summed E-state index contributed by atoms with van der Waals surface area (Å²) in [6.07, 6.45) is 1.69. The third-order valence-corrected chi connectivity index (χ3v) is 5.05. The highest BCUT2D eigenvalue weighted by Crippen LogP contribution is 2.25. The van der Waals surface area contributed by atoms with Crippen LogP contribution in [0.1, 0.15) is 26.4 Å². The Bertz CT molecular complexity index is 1320. The van der Waals surface area contributed by atoms with Crippen LogP contribution in [0.5, 0.6) is 0 Å². The number of amides is 2. The number of aryl methyl sites for hydroxylation is 2. The average molecular weight is 427 g/mol. The number of aromatic nitrogens is 2. The van der Waals surface area contributed by atoms with E-state index in [1.165, 1.54) is 0 Å². The Labute approximate surface area is 184 Å². The number of carbonyl (C=O) groups is 3. The third kappa shape index (κ3) is 4.41. The van der Waals surface area contributed by atoms with E-state index < -0.39 is 24.4 Å². The quantitative estimate of drug-likeness (QED) is 0.491. The second-order valence-electron chi connectivity index (χ2n) is 7.40. The predicted molar refractivity (Wildman–Crippen MR) is 120 cm³/mol. The molecule has 2 aromatic heterocycles. The zero-order valence-electron chi connectivity index (χ0n) is 17.7. The first-order valence-corrected chi connectivity index (χ1v) is 10.0. The summed E-state index contributed by atoms with van der Waals surface area (Å²) in [6.45, 7) is 1.42. The first-order valence-electron chi connectivity index (χ1n) is 10.0. The molecule has 0 bridgehead atoms. The second kappa shape index (κ2) is 8.85. The summed E-state index contributed by atoms with van der Waals surface area (Å²) in [4.78, 5) is 41.8. The van der Waals surface area contributed by atoms with E-state index in [9.17, 15) is 14.4 Å². The van der Waals surface area contributed by atoms with Crippen LogP contribution in [-0.4, -0.2) is 33.9 Å². The molecule has 2 amide bonds. The van der Waals surface area contributed by atoms with Crippen LogP contribution >= 0.6 is 0 Å². The summed E-state index contributed by atoms with van der Waals surface area (Å²) in [5.74, 6) is -1.94. The van der Waals surface area contributed by atoms with E-state index >= 15 is 0 Å². The van der Waals surface area contributed by atoms with E-state index in [-0.39, 0.29) is 0 Å². The van der Waals surface area contributed by atoms with Gasteiger partial charge in [0.25, 0.3) is 11.8 Å². The smallest absolute Gasteiger partial charge is 0.339 e. The maximum absolute atomic E-state index is 12.9. The van der Waals surface area contributed by atoms with Gasteiger partial charge in [-0.2, -0.15) is 0 Å². The number of nitrogens with zero attached hydrogens (tertiary/aromatic N) is 2. The molecule has 32 heavy (non-hydrogen) atoms. The first kappa shape index (κ1) is 21.0. The van der Waals surface area contributed by atoms with Gasteiger partial charge in [-0.25, -0.2) is 9.78 Å². The summed E-state index contributed by atoms with van der Waals surface area (Å²) in [5.41, 5.74) is 3.87. The van der Waals surface area contributed by atoms with Crippen molar-refractivity contribution in [3.8, 4) is 11.3 Å². The van der Waals surface area contributed by atoms with Crippen LogP contribution in [0.4, 0.5) is 0 Å². The molecule has 0 saturated carbocycles. The number of para-hydroxylation sites is 1. The molecule has 0 saturated heterocycles. The highest BCUT2D eigenvalue weighted by molar-refractivity contribution is 6.07. The molecule has 0 spiro atoms. The van der Waals surface area contributed by atoms with Crippen molar-refractivity contribution in [2.45, 2.75) is 6.92 Å². The topological polar surface area (TPSA) is 90.3 Å². The van der Waals surface area contributed by atoms with Crippen molar-refractivity contribution in [2.75, 3.05) is 6.61 Å². The van der Waals surface area contributed by atoms with Gasteiger partial charge in [0, 0.05) is 24.2 Å². The highest BCUT2D eigenvalue weighted by Gasteiger charge is 2.18. The molecule has 1 N–H and O–H groups in total. The molecule has 160 valence electrons. The van der Waals surface area contributed by atoms with Crippen molar-refractivity contribution >= 4 is 28.7 Å². The average Bonchev–Trinajstić information content (AvgIpc) is 3.23. The summed E-state index contributed by atoms with van der Waals surface area (Å²) >= 11 is 0. The SMILES string of the molecule is Cc1ccc(-c2cc(C(=O)OCC(=O)NC(=O)c3cccn3C)c3ccccc3n2)cc1. The monoisotopic (exact) mass is 427 g/mol. The molecule has 0 unspecified atom stereocenters. The van der Waals surface area contributed by atoms with Gasteiger partial charge < -0.3 is 9.30 Å². The van der Waals surface area contributed by atoms with Gasteiger partial charge in [-0.05, 0) is 31.2 Å². The van der Waals surface area contributed by atoms with Gasteiger partial charge in [-0.3, -0.25) is 14.9 Å². The van der Waals surface area contributed by atoms with Crippen LogP contribution < -0.4 is 5.32 Å². The second-order valence-corrected chi connectivity index (χ2v) is 7.40. The molecule has 7 heteroatoms. The van der Waals surface area contributed by atoms with E-state index in [4.69, 9.17) is 4.74 Å². The largest absolute Gasteiger partial charge is 0.452 e. The zero-order chi connectivity index (χ0) is 22.7. The van der Waals surface area contributed by atoms with Crippen LogP contribution in [0, 0.1) is 6.92 Å². The number of fused-ring (bicyclic) bond motifs is 1. The Morgan fingerprint density at radius 2 is 1.75 bits per heavy atom. The lowest BCUT2D eigenvalue weighted by Gasteiger charge is -2.10. The van der Waals surface area contributed by atoms with Crippen molar-refractivity contribution < 1.29 is 19.1 Å². The van der Waals surface area contributed by atoms with Crippen molar-refractivity contribution in [3.63, 3.8) is 0 Å². The third-order valence-electron chi connectivity index (χ3n) is 5.05. The minimum Gasteiger partial charge on any atom is -0.452 e. The van der Waals surface area contributed by atoms with Gasteiger partial charge in [0.1, 0.15) is 5.69 Å². The van der Waals surface area contributed by atoms with Gasteiger partial charge in [0.05, 0.1) is 16.8 Å². The number of hydrogen-bond donors (Lipinski definition) is 1. The van der Waals surface area contributed by atoms with E-state index in [0.29, 0.717) is 27.9 Å². The number of ether oxygens (including phenoxy) is 1. The van der Waals surface area contributed by atoms with Crippen molar-refractivity contribution in [3.05, 3.63) is 89.7 Å². The molecule has 0 aliphatic carbocycles. The Hall–Kier alpha value is -4.26. The summed E-state index contributed by atoms with van der Waals surface area (Å²) in [7, 11) is 1.69. The number of benzene rings is 2. The zero-order valence-corrected chi connectivity index (χ0v) is 17.7. The van der Waals surface area contributed by atoms with Gasteiger partial charge in [-0.15, -0.1) is 0 Å². The van der Waals surface area contributed by atoms with Crippen molar-refractivity contribution in [2.24, 2.45) is 7.05 Å². The highest BCUT2D eigenvalue weighted by atomic mass is 16.5. The molecule has 0 radical (unpaired) electrons. The molecule has 0 atom stereocenters. The standard InChI is InChI=1S/C25H21N3O4/c1-16-9-11-17(12-10-16)21-14-19(18-6-3-4-7-20(18)26-21)25(31)32-15-23(29)27-24(30)22-8-5-13-28(22)2/h3-14H,15H2,1-2H3,(H,27,29,30). The van der Waals surface area contributed by atoms with E-state index in [1.54, 1.807) is 48.1 Å². The number of rotatable bonds is 5. The molecule has 4 aromatic rings. The minimum atomic E-state index is -0.707. The molecule has 4 rings (SSSR count). The summed E-state index contributed by atoms with van der Waals surface area (Å²) < 4.78 is 6.81. The van der Waals surface area contributed by atoms with E-state index in [1.807, 2.05) is 43.3 Å². The fraction of sp³-hybridized carbons (Fsp3) is 0.120. The first-order chi connectivity index (χ1) is 15.4. The maximum atomic E-state index is 12.9. The van der Waals surface area contributed by atoms with E-state index in [0.717, 1.165) is 11.1 Å². The van der Waals surface area contributed by atoms with Crippen LogP contribution in [-0.2, 0) is 16.6 Å². The molecular formula is C25H21N3O4. The summed E-state index contributed by atoms with van der Waals surface area (Å²) in [5, 5.41) is 2.84. The lowest BCUT2D eigenvalue weighted by Crippen LogP contribution is -2.35. The number of pyridine rings is 1. The van der Waals surface area contributed by atoms with Crippen LogP contribution in [0.3, 0.4) is 0 Å². The molecule has 7 nitrogen and oxygen atoms in total. The molecule has 0 fully saturated rings. The number of esters is 1. The Morgan fingerprint density at radius 1 is 1.00 bits per heavy atom. The molecule has 0 aliphatic heterocycles. The molecule has 2 heterocycles. The molecule has 0 aliphatic rings. The van der Waals surface area contributed by atoms with Gasteiger partial charge >= 0.3 is 5.97 Å². The fourth-order valence-corrected chi connectivity index (χ4v) is 3.35. The number of carbonyl (C=O) groups excluding carboxylic acids is 3. The van der Waals surface area contributed by atoms with Gasteiger partial charge in [-0.1, -0.05) is 48.0 Å². The Balaban J connectivity index is 1.53. The van der Waals surface area contributed by atoms with Crippen molar-refractivity contribution in [1.82, 2.24) is 14.9 Å². The van der Waals surface area contributed by atoms with Crippen LogP contribution in [0.2, 0.25) is 0 Å². The normalized spacial score (nSPS) is 10.7. The lowest BCUT2D eigenvalue weighted by molar-refractivity contribution is -0.123. The lowest BCUT2D eigenvalue weighted by atomic mass is 10.0. The van der Waals surface area contributed by atoms with Crippen molar-refractivity contribution in [1.29, 1.82) is 0 Å². The van der Waals surface area contributed by atoms with Crippen LogP contribution in [0.15, 0.2) is 72.9 Å².